The first-order valence-electron chi connectivity index (χ1n) is 10.1. The van der Waals surface area contributed by atoms with Crippen molar-refractivity contribution in [2.45, 2.75) is 51.2 Å². The SMILES string of the molecule is O=C(Cn1c(C(F)(F)F)nc2ccccc21)NCC12CC3CC(CC(C3)C1)C2. The number of nitrogens with one attached hydrogen (secondary N) is 1. The summed E-state index contributed by atoms with van der Waals surface area (Å²) in [4.78, 5) is 16.3. The zero-order valence-electron chi connectivity index (χ0n) is 15.6. The number of para-hydroxylation sites is 2. The Morgan fingerprint density at radius 2 is 1.71 bits per heavy atom. The third kappa shape index (κ3) is 3.08. The lowest BCUT2D eigenvalue weighted by Gasteiger charge is -2.56. The maximum absolute atomic E-state index is 13.4. The van der Waals surface area contributed by atoms with Crippen LogP contribution in [0.15, 0.2) is 24.3 Å². The topological polar surface area (TPSA) is 46.9 Å². The third-order valence-corrected chi connectivity index (χ3v) is 7.04. The normalized spacial score (nSPS) is 31.5. The lowest BCUT2D eigenvalue weighted by molar-refractivity contribution is -0.147. The van der Waals surface area contributed by atoms with Crippen molar-refractivity contribution in [3.8, 4) is 0 Å². The minimum absolute atomic E-state index is 0.161. The van der Waals surface area contributed by atoms with Gasteiger partial charge in [0.15, 0.2) is 0 Å². The van der Waals surface area contributed by atoms with Gasteiger partial charge in [-0.3, -0.25) is 4.79 Å². The summed E-state index contributed by atoms with van der Waals surface area (Å²) in [5.41, 5.74) is 0.748. The van der Waals surface area contributed by atoms with Gasteiger partial charge >= 0.3 is 6.18 Å². The molecule has 28 heavy (non-hydrogen) atoms. The largest absolute Gasteiger partial charge is 0.449 e. The zero-order chi connectivity index (χ0) is 19.5. The van der Waals surface area contributed by atoms with E-state index in [0.29, 0.717) is 12.1 Å². The molecule has 6 rings (SSSR count). The Labute approximate surface area is 161 Å². The Hall–Kier alpha value is -2.05. The molecule has 4 bridgehead atoms. The van der Waals surface area contributed by atoms with Gasteiger partial charge in [-0.1, -0.05) is 12.1 Å². The molecule has 4 aliphatic carbocycles. The lowest BCUT2D eigenvalue weighted by atomic mass is 9.49. The summed E-state index contributed by atoms with van der Waals surface area (Å²) in [6.07, 6.45) is 2.83. The van der Waals surface area contributed by atoms with Crippen molar-refractivity contribution in [2.75, 3.05) is 6.54 Å². The maximum atomic E-state index is 13.4. The fraction of sp³-hybridized carbons (Fsp3) is 0.619. The first-order chi connectivity index (χ1) is 13.3. The molecule has 4 nitrogen and oxygen atoms in total. The fourth-order valence-electron chi connectivity index (χ4n) is 6.44. The second-order valence-corrected chi connectivity index (χ2v) is 9.20. The summed E-state index contributed by atoms with van der Waals surface area (Å²) in [5.74, 6) is 0.941. The van der Waals surface area contributed by atoms with Crippen LogP contribution in [-0.2, 0) is 17.5 Å². The second-order valence-electron chi connectivity index (χ2n) is 9.20. The summed E-state index contributed by atoms with van der Waals surface area (Å²) in [6, 6.07) is 6.42. The zero-order valence-corrected chi connectivity index (χ0v) is 15.6. The van der Waals surface area contributed by atoms with E-state index >= 15 is 0 Å². The van der Waals surface area contributed by atoms with Gasteiger partial charge in [0, 0.05) is 6.54 Å². The minimum atomic E-state index is -4.60. The van der Waals surface area contributed by atoms with Crippen LogP contribution >= 0.6 is 0 Å². The number of aromatic nitrogens is 2. The Morgan fingerprint density at radius 1 is 1.11 bits per heavy atom. The predicted molar refractivity (Wildman–Crippen MR) is 98.3 cm³/mol. The molecule has 7 heteroatoms. The van der Waals surface area contributed by atoms with E-state index in [1.54, 1.807) is 18.2 Å². The number of carbonyl (C=O) groups excluding carboxylic acids is 1. The Balaban J connectivity index is 1.33. The molecule has 1 N–H and O–H groups in total. The molecular formula is C21H24F3N3O. The van der Waals surface area contributed by atoms with Crippen molar-refractivity contribution in [3.05, 3.63) is 30.1 Å². The number of rotatable bonds is 4. The highest BCUT2D eigenvalue weighted by atomic mass is 19.4. The summed E-state index contributed by atoms with van der Waals surface area (Å²) in [7, 11) is 0. The number of nitrogens with zero attached hydrogens (tertiary/aromatic N) is 2. The van der Waals surface area contributed by atoms with Crippen LogP contribution in [0.1, 0.15) is 44.3 Å². The number of alkyl halides is 3. The molecule has 0 atom stereocenters. The number of imidazole rings is 1. The van der Waals surface area contributed by atoms with Crippen molar-refractivity contribution in [1.29, 1.82) is 0 Å². The molecule has 1 aromatic carbocycles. The van der Waals surface area contributed by atoms with Gasteiger partial charge in [-0.05, 0) is 73.8 Å². The van der Waals surface area contributed by atoms with Crippen LogP contribution in [0.2, 0.25) is 0 Å². The van der Waals surface area contributed by atoms with Crippen molar-refractivity contribution < 1.29 is 18.0 Å². The molecule has 1 aromatic heterocycles. The highest BCUT2D eigenvalue weighted by Crippen LogP contribution is 2.59. The fourth-order valence-corrected chi connectivity index (χ4v) is 6.44. The molecule has 150 valence electrons. The summed E-state index contributed by atoms with van der Waals surface area (Å²) in [6.45, 7) is 0.227. The van der Waals surface area contributed by atoms with Crippen LogP contribution in [0.3, 0.4) is 0 Å². The number of fused-ring (bicyclic) bond motifs is 1. The molecule has 0 unspecified atom stereocenters. The molecule has 1 amide bonds. The van der Waals surface area contributed by atoms with E-state index in [1.807, 2.05) is 0 Å². The van der Waals surface area contributed by atoms with Crippen LogP contribution in [0.4, 0.5) is 13.2 Å². The van der Waals surface area contributed by atoms with Crippen LogP contribution in [-0.4, -0.2) is 22.0 Å². The molecule has 0 radical (unpaired) electrons. The van der Waals surface area contributed by atoms with Crippen LogP contribution in [0.5, 0.6) is 0 Å². The van der Waals surface area contributed by atoms with E-state index in [2.05, 4.69) is 10.3 Å². The molecule has 4 fully saturated rings. The number of carbonyl (C=O) groups is 1. The molecule has 0 saturated heterocycles. The van der Waals surface area contributed by atoms with Gasteiger partial charge in [0.25, 0.3) is 0 Å². The monoisotopic (exact) mass is 391 g/mol. The quantitative estimate of drug-likeness (QED) is 0.840. The molecule has 0 aliphatic heterocycles. The summed E-state index contributed by atoms with van der Waals surface area (Å²) in [5, 5.41) is 2.97. The molecule has 2 aromatic rings. The Bertz CT molecular complexity index is 882. The number of benzene rings is 1. The highest BCUT2D eigenvalue weighted by Gasteiger charge is 2.50. The van der Waals surface area contributed by atoms with Crippen molar-refractivity contribution in [3.63, 3.8) is 0 Å². The van der Waals surface area contributed by atoms with Crippen molar-refractivity contribution in [2.24, 2.45) is 23.2 Å². The standard InChI is InChI=1S/C21H24F3N3O/c22-21(23,24)19-26-16-3-1-2-4-17(16)27(19)11-18(28)25-12-20-8-13-5-14(9-20)7-15(6-13)10-20/h1-4,13-15H,5-12H2,(H,25,28). The molecule has 0 spiro atoms. The average Bonchev–Trinajstić information content (AvgIpc) is 2.98. The van der Waals surface area contributed by atoms with Gasteiger partial charge < -0.3 is 9.88 Å². The van der Waals surface area contributed by atoms with E-state index in [4.69, 9.17) is 0 Å². The van der Waals surface area contributed by atoms with Crippen LogP contribution in [0.25, 0.3) is 11.0 Å². The first-order valence-corrected chi connectivity index (χ1v) is 10.1. The van der Waals surface area contributed by atoms with Gasteiger partial charge in [-0.25, -0.2) is 4.98 Å². The van der Waals surface area contributed by atoms with Gasteiger partial charge in [-0.2, -0.15) is 13.2 Å². The van der Waals surface area contributed by atoms with E-state index < -0.39 is 12.0 Å². The average molecular weight is 391 g/mol. The van der Waals surface area contributed by atoms with Crippen LogP contribution in [0, 0.1) is 23.2 Å². The van der Waals surface area contributed by atoms with Gasteiger partial charge in [0.1, 0.15) is 6.54 Å². The third-order valence-electron chi connectivity index (χ3n) is 7.04. The smallest absolute Gasteiger partial charge is 0.354 e. The Morgan fingerprint density at radius 3 is 2.32 bits per heavy atom. The van der Waals surface area contributed by atoms with Crippen LogP contribution < -0.4 is 5.32 Å². The molecule has 4 aliphatic rings. The minimum Gasteiger partial charge on any atom is -0.354 e. The van der Waals surface area contributed by atoms with E-state index in [9.17, 15) is 18.0 Å². The number of halogens is 3. The molecular weight excluding hydrogens is 367 g/mol. The first kappa shape index (κ1) is 18.0. The van der Waals surface area contributed by atoms with Crippen molar-refractivity contribution in [1.82, 2.24) is 14.9 Å². The van der Waals surface area contributed by atoms with Gasteiger partial charge in [0.05, 0.1) is 11.0 Å². The molecule has 1 heterocycles. The van der Waals surface area contributed by atoms with Crippen molar-refractivity contribution >= 4 is 16.9 Å². The van der Waals surface area contributed by atoms with Gasteiger partial charge in [0.2, 0.25) is 11.7 Å². The van der Waals surface area contributed by atoms with E-state index in [0.717, 1.165) is 41.6 Å². The second kappa shape index (κ2) is 6.22. The predicted octanol–water partition coefficient (Wildman–Crippen LogP) is 4.39. The maximum Gasteiger partial charge on any atom is 0.449 e. The summed E-state index contributed by atoms with van der Waals surface area (Å²) >= 11 is 0. The van der Waals surface area contributed by atoms with Gasteiger partial charge in [-0.15, -0.1) is 0 Å². The number of amides is 1. The summed E-state index contributed by atoms with van der Waals surface area (Å²) < 4.78 is 41.2. The van der Waals surface area contributed by atoms with E-state index in [-0.39, 0.29) is 23.4 Å². The number of hydrogen-bond donors (Lipinski definition) is 1. The van der Waals surface area contributed by atoms with E-state index in [1.165, 1.54) is 25.3 Å². The highest BCUT2D eigenvalue weighted by molar-refractivity contribution is 5.81. The number of hydrogen-bond acceptors (Lipinski definition) is 2. The lowest BCUT2D eigenvalue weighted by Crippen LogP contribution is -2.51. The Kier molecular flexibility index (Phi) is 4.00. The molecule has 4 saturated carbocycles.